The molecule has 0 radical (unpaired) electrons. The third-order valence-corrected chi connectivity index (χ3v) is 7.04. The molecule has 2 aromatic carbocycles. The Morgan fingerprint density at radius 1 is 1.13 bits per heavy atom. The summed E-state index contributed by atoms with van der Waals surface area (Å²) in [7, 11) is 0. The number of alkyl halides is 3. The Morgan fingerprint density at radius 2 is 2.05 bits per heavy atom. The van der Waals surface area contributed by atoms with Crippen LogP contribution in [0.15, 0.2) is 61.2 Å². The van der Waals surface area contributed by atoms with Gasteiger partial charge in [-0.3, -0.25) is 10.00 Å². The number of rotatable bonds is 4. The number of anilines is 3. The van der Waals surface area contributed by atoms with E-state index in [9.17, 15) is 13.2 Å². The average molecular weight is 521 g/mol. The predicted octanol–water partition coefficient (Wildman–Crippen LogP) is 4.46. The first-order valence-electron chi connectivity index (χ1n) is 12.3. The number of aromatic nitrogens is 5. The van der Waals surface area contributed by atoms with Gasteiger partial charge in [0.1, 0.15) is 12.4 Å². The fourth-order valence-corrected chi connectivity index (χ4v) is 5.30. The Hall–Kier alpha value is -4.32. The molecule has 0 saturated carbocycles. The predicted molar refractivity (Wildman–Crippen MR) is 137 cm³/mol. The Morgan fingerprint density at radius 3 is 2.95 bits per heavy atom. The van der Waals surface area contributed by atoms with Crippen LogP contribution in [0, 0.1) is 0 Å². The van der Waals surface area contributed by atoms with Crippen molar-refractivity contribution in [2.75, 3.05) is 43.0 Å². The number of imidazole rings is 1. The third kappa shape index (κ3) is 4.16. The van der Waals surface area contributed by atoms with Crippen molar-refractivity contribution < 1.29 is 17.9 Å². The lowest BCUT2D eigenvalue weighted by Gasteiger charge is -2.45. The highest BCUT2D eigenvalue weighted by Gasteiger charge is 2.37. The molecule has 2 N–H and O–H groups in total. The number of nitrogens with one attached hydrogen (secondary N) is 2. The first-order valence-corrected chi connectivity index (χ1v) is 12.3. The molecule has 5 heterocycles. The molecule has 1 atom stereocenters. The van der Waals surface area contributed by atoms with Crippen LogP contribution in [0.2, 0.25) is 0 Å². The average Bonchev–Trinajstić information content (AvgIpc) is 3.56. The minimum atomic E-state index is -4.20. The van der Waals surface area contributed by atoms with Crippen LogP contribution in [0.5, 0.6) is 5.75 Å². The SMILES string of the molecule is FC(F)(F)CN1CCN2c3ccc(Nc4nc(-c5ccc6cn[nH]c6c5)cn5ccnc45)cc3OC[C@H]2C1. The van der Waals surface area contributed by atoms with Gasteiger partial charge in [0.05, 0.1) is 35.7 Å². The quantitative estimate of drug-likeness (QED) is 0.362. The zero-order valence-electron chi connectivity index (χ0n) is 20.1. The van der Waals surface area contributed by atoms with Crippen molar-refractivity contribution in [3.63, 3.8) is 0 Å². The molecule has 38 heavy (non-hydrogen) atoms. The second-order valence-corrected chi connectivity index (χ2v) is 9.62. The van der Waals surface area contributed by atoms with E-state index in [-0.39, 0.29) is 6.04 Å². The molecule has 1 saturated heterocycles. The van der Waals surface area contributed by atoms with Crippen LogP contribution >= 0.6 is 0 Å². The molecule has 0 unspecified atom stereocenters. The lowest BCUT2D eigenvalue weighted by molar-refractivity contribution is -0.147. The normalized spacial score (nSPS) is 17.9. The largest absolute Gasteiger partial charge is 0.489 e. The van der Waals surface area contributed by atoms with Crippen molar-refractivity contribution in [1.82, 2.24) is 29.5 Å². The van der Waals surface area contributed by atoms with Gasteiger partial charge in [0.2, 0.25) is 0 Å². The molecule has 0 aliphatic carbocycles. The molecule has 9 nitrogen and oxygen atoms in total. The first kappa shape index (κ1) is 22.8. The number of H-pyrrole nitrogens is 1. The molecular weight excluding hydrogens is 497 g/mol. The minimum Gasteiger partial charge on any atom is -0.489 e. The van der Waals surface area contributed by atoms with Gasteiger partial charge in [-0.15, -0.1) is 0 Å². The number of benzene rings is 2. The monoisotopic (exact) mass is 520 g/mol. The summed E-state index contributed by atoms with van der Waals surface area (Å²) in [5, 5.41) is 11.5. The summed E-state index contributed by atoms with van der Waals surface area (Å²) < 4.78 is 46.5. The summed E-state index contributed by atoms with van der Waals surface area (Å²) in [6.07, 6.45) is 3.10. The highest BCUT2D eigenvalue weighted by Crippen LogP contribution is 2.38. The summed E-state index contributed by atoms with van der Waals surface area (Å²) in [5.41, 5.74) is 4.97. The number of ether oxygens (including phenoxy) is 1. The highest BCUT2D eigenvalue weighted by atomic mass is 19.4. The van der Waals surface area contributed by atoms with Crippen molar-refractivity contribution in [2.24, 2.45) is 0 Å². The molecule has 3 aromatic heterocycles. The van der Waals surface area contributed by atoms with E-state index in [4.69, 9.17) is 9.72 Å². The fourth-order valence-electron chi connectivity index (χ4n) is 5.30. The Balaban J connectivity index is 1.16. The van der Waals surface area contributed by atoms with Crippen LogP contribution in [-0.2, 0) is 0 Å². The van der Waals surface area contributed by atoms with Gasteiger partial charge in [-0.05, 0) is 18.2 Å². The maximum Gasteiger partial charge on any atom is 0.401 e. The third-order valence-electron chi connectivity index (χ3n) is 7.04. The second-order valence-electron chi connectivity index (χ2n) is 9.62. The molecule has 12 heteroatoms. The number of halogens is 3. The fraction of sp³-hybridized carbons (Fsp3) is 0.269. The Kier molecular flexibility index (Phi) is 5.18. The minimum absolute atomic E-state index is 0.118. The lowest BCUT2D eigenvalue weighted by Crippen LogP contribution is -2.58. The van der Waals surface area contributed by atoms with Crippen molar-refractivity contribution in [3.05, 3.63) is 61.2 Å². The van der Waals surface area contributed by atoms with Gasteiger partial charge in [0.15, 0.2) is 11.5 Å². The highest BCUT2D eigenvalue weighted by molar-refractivity contribution is 5.84. The van der Waals surface area contributed by atoms with Crippen molar-refractivity contribution >= 4 is 33.7 Å². The van der Waals surface area contributed by atoms with Gasteiger partial charge < -0.3 is 19.4 Å². The summed E-state index contributed by atoms with van der Waals surface area (Å²) in [5.74, 6) is 1.28. The topological polar surface area (TPSA) is 86.6 Å². The second kappa shape index (κ2) is 8.62. The number of hydrogen-bond acceptors (Lipinski definition) is 7. The number of fused-ring (bicyclic) bond motifs is 5. The van der Waals surface area contributed by atoms with Crippen LogP contribution in [-0.4, -0.2) is 74.5 Å². The van der Waals surface area contributed by atoms with E-state index in [1.54, 1.807) is 12.4 Å². The summed E-state index contributed by atoms with van der Waals surface area (Å²) in [6.45, 7) is 0.630. The van der Waals surface area contributed by atoms with Crippen LogP contribution in [0.4, 0.5) is 30.4 Å². The standard InChI is InChI=1S/C26H23F3N8O/c27-26(28,29)15-35-7-8-37-19(12-35)14-38-23-10-18(3-4-22(23)37)32-24-25-30-5-6-36(25)13-21(33-24)16-1-2-17-11-31-34-20(17)9-16/h1-6,9-11,13,19H,7-8,12,14-15H2,(H,31,34)(H,32,33)/t19-/m1/s1. The molecule has 1 fully saturated rings. The number of aromatic amines is 1. The summed E-state index contributed by atoms with van der Waals surface area (Å²) in [6, 6.07) is 11.7. The molecule has 5 aromatic rings. The Bertz CT molecular complexity index is 1640. The van der Waals surface area contributed by atoms with Gasteiger partial charge in [-0.2, -0.15) is 18.3 Å². The van der Waals surface area contributed by atoms with Crippen molar-refractivity contribution in [3.8, 4) is 17.0 Å². The smallest absolute Gasteiger partial charge is 0.401 e. The number of piperazine rings is 1. The van der Waals surface area contributed by atoms with Gasteiger partial charge >= 0.3 is 6.18 Å². The maximum absolute atomic E-state index is 12.9. The molecular formula is C26H23F3N8O. The van der Waals surface area contributed by atoms with E-state index in [0.717, 1.165) is 33.5 Å². The van der Waals surface area contributed by atoms with Crippen molar-refractivity contribution in [2.45, 2.75) is 12.2 Å². The van der Waals surface area contributed by atoms with Gasteiger partial charge in [0, 0.05) is 60.9 Å². The Labute approximate surface area is 214 Å². The zero-order valence-corrected chi connectivity index (χ0v) is 20.1. The van der Waals surface area contributed by atoms with Crippen LogP contribution in [0.1, 0.15) is 0 Å². The van der Waals surface area contributed by atoms with E-state index < -0.39 is 12.7 Å². The molecule has 0 spiro atoms. The molecule has 2 aliphatic rings. The van der Waals surface area contributed by atoms with Crippen LogP contribution in [0.3, 0.4) is 0 Å². The molecule has 7 rings (SSSR count). The van der Waals surface area contributed by atoms with Gasteiger partial charge in [-0.25, -0.2) is 9.97 Å². The van der Waals surface area contributed by atoms with Crippen LogP contribution in [0.25, 0.3) is 27.8 Å². The zero-order chi connectivity index (χ0) is 25.9. The summed E-state index contributed by atoms with van der Waals surface area (Å²) >= 11 is 0. The summed E-state index contributed by atoms with van der Waals surface area (Å²) in [4.78, 5) is 12.9. The van der Waals surface area contributed by atoms with E-state index >= 15 is 0 Å². The van der Waals surface area contributed by atoms with Crippen molar-refractivity contribution in [1.29, 1.82) is 0 Å². The van der Waals surface area contributed by atoms with E-state index in [1.807, 2.05) is 53.2 Å². The lowest BCUT2D eigenvalue weighted by atomic mass is 10.1. The van der Waals surface area contributed by atoms with Gasteiger partial charge in [0.25, 0.3) is 0 Å². The van der Waals surface area contributed by atoms with Gasteiger partial charge in [-0.1, -0.05) is 12.1 Å². The molecule has 0 amide bonds. The van der Waals surface area contributed by atoms with Crippen LogP contribution < -0.4 is 15.0 Å². The number of hydrogen-bond donors (Lipinski definition) is 2. The maximum atomic E-state index is 12.9. The van der Waals surface area contributed by atoms with E-state index in [0.29, 0.717) is 43.5 Å². The molecule has 2 aliphatic heterocycles. The number of nitrogens with zero attached hydrogens (tertiary/aromatic N) is 6. The molecule has 194 valence electrons. The van der Waals surface area contributed by atoms with E-state index in [1.165, 1.54) is 4.90 Å². The van der Waals surface area contributed by atoms with E-state index in [2.05, 4.69) is 25.4 Å². The molecule has 0 bridgehead atoms. The first-order chi connectivity index (χ1) is 18.4.